The molecule has 2 heteroatoms. The van der Waals surface area contributed by atoms with Gasteiger partial charge in [-0.25, -0.2) is 0 Å². The molecule has 0 heterocycles. The van der Waals surface area contributed by atoms with Crippen molar-refractivity contribution in [1.82, 2.24) is 0 Å². The molecule has 1 nitrogen and oxygen atoms in total. The molecular weight excluding hydrogens is 154 g/mol. The van der Waals surface area contributed by atoms with Crippen molar-refractivity contribution in [2.45, 2.75) is 12.2 Å². The standard InChI is InChI=1S/C9H9NS/c1-7-3-2-4-8(5-7)9(11)6-10/h2-5,9,11H,1H3. The lowest BCUT2D eigenvalue weighted by Crippen LogP contribution is -1.86. The number of aryl methyl sites for hydroxylation is 1. The van der Waals surface area contributed by atoms with E-state index in [1.165, 1.54) is 0 Å². The Balaban J connectivity index is 2.98. The maximum atomic E-state index is 8.55. The summed E-state index contributed by atoms with van der Waals surface area (Å²) < 4.78 is 0. The summed E-state index contributed by atoms with van der Waals surface area (Å²) in [6.45, 7) is 2.00. The molecule has 1 atom stereocenters. The lowest BCUT2D eigenvalue weighted by Gasteiger charge is -2.01. The van der Waals surface area contributed by atoms with E-state index in [4.69, 9.17) is 5.26 Å². The molecule has 0 radical (unpaired) electrons. The molecule has 0 amide bonds. The summed E-state index contributed by atoms with van der Waals surface area (Å²) in [6, 6.07) is 9.89. The quantitative estimate of drug-likeness (QED) is 0.632. The average molecular weight is 163 g/mol. The molecule has 0 N–H and O–H groups in total. The molecular formula is C9H9NS. The number of nitrogens with zero attached hydrogens (tertiary/aromatic N) is 1. The highest BCUT2D eigenvalue weighted by Gasteiger charge is 2.02. The van der Waals surface area contributed by atoms with Crippen molar-refractivity contribution < 1.29 is 0 Å². The minimum absolute atomic E-state index is 0.296. The van der Waals surface area contributed by atoms with Crippen LogP contribution in [0.15, 0.2) is 24.3 Å². The minimum atomic E-state index is -0.296. The molecule has 0 aliphatic carbocycles. The van der Waals surface area contributed by atoms with E-state index in [2.05, 4.69) is 18.7 Å². The van der Waals surface area contributed by atoms with Crippen molar-refractivity contribution in [2.24, 2.45) is 0 Å². The summed E-state index contributed by atoms with van der Waals surface area (Å²) >= 11 is 4.11. The zero-order valence-corrected chi connectivity index (χ0v) is 7.18. The summed E-state index contributed by atoms with van der Waals surface area (Å²) in [4.78, 5) is 0. The molecule has 1 unspecified atom stereocenters. The molecule has 1 aromatic rings. The summed E-state index contributed by atoms with van der Waals surface area (Å²) in [5, 5.41) is 8.26. The van der Waals surface area contributed by atoms with Gasteiger partial charge in [-0.3, -0.25) is 0 Å². The van der Waals surface area contributed by atoms with E-state index in [-0.39, 0.29) is 5.25 Å². The molecule has 1 aromatic carbocycles. The van der Waals surface area contributed by atoms with Crippen molar-refractivity contribution in [3.63, 3.8) is 0 Å². The van der Waals surface area contributed by atoms with Crippen molar-refractivity contribution in [2.75, 3.05) is 0 Å². The van der Waals surface area contributed by atoms with Crippen LogP contribution < -0.4 is 0 Å². The van der Waals surface area contributed by atoms with Crippen LogP contribution in [-0.2, 0) is 0 Å². The Labute approximate surface area is 72.1 Å². The van der Waals surface area contributed by atoms with Crippen LogP contribution in [0.25, 0.3) is 0 Å². The highest BCUT2D eigenvalue weighted by atomic mass is 32.1. The van der Waals surface area contributed by atoms with Gasteiger partial charge in [-0.2, -0.15) is 17.9 Å². The van der Waals surface area contributed by atoms with Crippen molar-refractivity contribution in [1.29, 1.82) is 5.26 Å². The van der Waals surface area contributed by atoms with Crippen molar-refractivity contribution in [3.05, 3.63) is 35.4 Å². The lowest BCUT2D eigenvalue weighted by molar-refractivity contribution is 1.22. The molecule has 0 saturated heterocycles. The van der Waals surface area contributed by atoms with Crippen LogP contribution >= 0.6 is 12.6 Å². The van der Waals surface area contributed by atoms with Crippen LogP contribution in [-0.4, -0.2) is 0 Å². The third-order valence-corrected chi connectivity index (χ3v) is 1.89. The van der Waals surface area contributed by atoms with E-state index in [1.54, 1.807) is 0 Å². The summed E-state index contributed by atoms with van der Waals surface area (Å²) in [5.41, 5.74) is 2.13. The maximum Gasteiger partial charge on any atom is 0.114 e. The van der Waals surface area contributed by atoms with Gasteiger partial charge >= 0.3 is 0 Å². The van der Waals surface area contributed by atoms with Gasteiger partial charge in [-0.15, -0.1) is 0 Å². The molecule has 0 aromatic heterocycles. The normalized spacial score (nSPS) is 12.1. The van der Waals surface area contributed by atoms with Gasteiger partial charge in [0.25, 0.3) is 0 Å². The fraction of sp³-hybridized carbons (Fsp3) is 0.222. The third kappa shape index (κ3) is 1.99. The molecule has 0 spiro atoms. The van der Waals surface area contributed by atoms with Crippen LogP contribution in [0, 0.1) is 18.3 Å². The predicted octanol–water partition coefficient (Wildman–Crippen LogP) is 2.49. The molecule has 0 aliphatic heterocycles. The first-order valence-corrected chi connectivity index (χ1v) is 3.90. The van der Waals surface area contributed by atoms with Gasteiger partial charge in [-0.1, -0.05) is 29.8 Å². The SMILES string of the molecule is Cc1cccc(C(S)C#N)c1. The molecule has 0 fully saturated rings. The van der Waals surface area contributed by atoms with Gasteiger partial charge < -0.3 is 0 Å². The summed E-state index contributed by atoms with van der Waals surface area (Å²) in [7, 11) is 0. The molecule has 11 heavy (non-hydrogen) atoms. The fourth-order valence-corrected chi connectivity index (χ4v) is 1.08. The Hall–Kier alpha value is -0.940. The Kier molecular flexibility index (Phi) is 2.56. The zero-order chi connectivity index (χ0) is 8.27. The smallest absolute Gasteiger partial charge is 0.114 e. The number of nitriles is 1. The number of hydrogen-bond acceptors (Lipinski definition) is 2. The monoisotopic (exact) mass is 163 g/mol. The van der Waals surface area contributed by atoms with Gasteiger partial charge in [-0.05, 0) is 12.5 Å². The second kappa shape index (κ2) is 3.45. The molecule has 0 aliphatic rings. The zero-order valence-electron chi connectivity index (χ0n) is 6.28. The van der Waals surface area contributed by atoms with Crippen molar-refractivity contribution in [3.8, 4) is 6.07 Å². The molecule has 56 valence electrons. The number of benzene rings is 1. The van der Waals surface area contributed by atoms with Gasteiger partial charge in [0.2, 0.25) is 0 Å². The second-order valence-corrected chi connectivity index (χ2v) is 2.96. The highest BCUT2D eigenvalue weighted by Crippen LogP contribution is 2.18. The fourth-order valence-electron chi connectivity index (χ4n) is 0.915. The van der Waals surface area contributed by atoms with E-state index < -0.39 is 0 Å². The third-order valence-electron chi connectivity index (χ3n) is 1.48. The Bertz CT molecular complexity index is 288. The van der Waals surface area contributed by atoms with Gasteiger partial charge in [0.05, 0.1) is 6.07 Å². The lowest BCUT2D eigenvalue weighted by atomic mass is 10.1. The Morgan fingerprint density at radius 1 is 1.55 bits per heavy atom. The van der Waals surface area contributed by atoms with Crippen LogP contribution in [0.2, 0.25) is 0 Å². The minimum Gasteiger partial charge on any atom is -0.197 e. The van der Waals surface area contributed by atoms with E-state index in [0.29, 0.717) is 0 Å². The first-order valence-electron chi connectivity index (χ1n) is 3.38. The topological polar surface area (TPSA) is 23.8 Å². The largest absolute Gasteiger partial charge is 0.197 e. The summed E-state index contributed by atoms with van der Waals surface area (Å²) in [5.74, 6) is 0. The maximum absolute atomic E-state index is 8.55. The second-order valence-electron chi connectivity index (χ2n) is 2.45. The van der Waals surface area contributed by atoms with Crippen LogP contribution in [0.5, 0.6) is 0 Å². The Morgan fingerprint density at radius 2 is 2.27 bits per heavy atom. The van der Waals surface area contributed by atoms with Gasteiger partial charge in [0.1, 0.15) is 5.25 Å². The number of thiol groups is 1. The van der Waals surface area contributed by atoms with Gasteiger partial charge in [0, 0.05) is 0 Å². The Morgan fingerprint density at radius 3 is 2.82 bits per heavy atom. The average Bonchev–Trinajstić information content (AvgIpc) is 2.03. The van der Waals surface area contributed by atoms with Crippen LogP contribution in [0.4, 0.5) is 0 Å². The van der Waals surface area contributed by atoms with E-state index in [9.17, 15) is 0 Å². The van der Waals surface area contributed by atoms with Crippen molar-refractivity contribution >= 4 is 12.6 Å². The van der Waals surface area contributed by atoms with Crippen LogP contribution in [0.3, 0.4) is 0 Å². The van der Waals surface area contributed by atoms with Crippen LogP contribution in [0.1, 0.15) is 16.4 Å². The predicted molar refractivity (Wildman–Crippen MR) is 48.5 cm³/mol. The van der Waals surface area contributed by atoms with E-state index >= 15 is 0 Å². The molecule has 0 saturated carbocycles. The molecule has 0 bridgehead atoms. The molecule has 1 rings (SSSR count). The van der Waals surface area contributed by atoms with E-state index in [0.717, 1.165) is 11.1 Å². The van der Waals surface area contributed by atoms with Gasteiger partial charge in [0.15, 0.2) is 0 Å². The first kappa shape index (κ1) is 8.16. The number of rotatable bonds is 1. The number of hydrogen-bond donors (Lipinski definition) is 1. The summed E-state index contributed by atoms with van der Waals surface area (Å²) in [6.07, 6.45) is 0. The highest BCUT2D eigenvalue weighted by molar-refractivity contribution is 7.80. The first-order chi connectivity index (χ1) is 5.24. The van der Waals surface area contributed by atoms with E-state index in [1.807, 2.05) is 31.2 Å².